The van der Waals surface area contributed by atoms with Crippen LogP contribution in [0.2, 0.25) is 26.2 Å². The van der Waals surface area contributed by atoms with Crippen molar-refractivity contribution in [3.8, 4) is 0 Å². The van der Waals surface area contributed by atoms with Gasteiger partial charge in [-0.25, -0.2) is 0 Å². The van der Waals surface area contributed by atoms with Crippen molar-refractivity contribution in [2.75, 3.05) is 0 Å². The van der Waals surface area contributed by atoms with Crippen molar-refractivity contribution in [2.45, 2.75) is 26.2 Å². The molecule has 0 heterocycles. The molecule has 0 rings (SSSR count). The van der Waals surface area contributed by atoms with Crippen LogP contribution in [0, 0.1) is 0 Å². The van der Waals surface area contributed by atoms with Gasteiger partial charge in [0.05, 0.1) is 0 Å². The summed E-state index contributed by atoms with van der Waals surface area (Å²) >= 11 is 0. The van der Waals surface area contributed by atoms with Gasteiger partial charge in [0.1, 0.15) is 0 Å². The van der Waals surface area contributed by atoms with Gasteiger partial charge in [0, 0.05) is 0 Å². The van der Waals surface area contributed by atoms with Crippen LogP contribution in [0.15, 0.2) is 24.6 Å². The second-order valence-electron chi connectivity index (χ2n) is 3.72. The third-order valence-electron chi connectivity index (χ3n) is 1.51. The third kappa shape index (κ3) is 5.70. The fraction of sp³-hybridized carbons (Fsp3) is 0.500. The van der Waals surface area contributed by atoms with E-state index in [1.807, 2.05) is 11.4 Å². The minimum atomic E-state index is -1.58. The van der Waals surface area contributed by atoms with Crippen molar-refractivity contribution >= 4 is 27.6 Å². The molecule has 0 saturated heterocycles. The number of hydrogen-bond acceptors (Lipinski definition) is 1. The predicted molar refractivity (Wildman–Crippen MR) is 67.8 cm³/mol. The lowest BCUT2D eigenvalue weighted by molar-refractivity contribution is 0.571. The summed E-state index contributed by atoms with van der Waals surface area (Å²) in [7, 11) is -3.16. The van der Waals surface area contributed by atoms with Crippen LogP contribution < -0.4 is 0 Å². The Kier molecular flexibility index (Phi) is 6.04. The molecule has 12 heavy (non-hydrogen) atoms. The molecule has 0 saturated carbocycles. The van der Waals surface area contributed by atoms with Crippen molar-refractivity contribution < 1.29 is 4.12 Å². The Labute approximate surface area is 82.8 Å². The van der Waals surface area contributed by atoms with Gasteiger partial charge in [-0.2, -0.15) is 0 Å². The summed E-state index contributed by atoms with van der Waals surface area (Å²) in [5, 5.41) is 0. The normalized spacial score (nSPS) is 11.7. The average Bonchev–Trinajstić information content (AvgIpc) is 1.86. The van der Waals surface area contributed by atoms with E-state index in [9.17, 15) is 0 Å². The van der Waals surface area contributed by atoms with E-state index >= 15 is 0 Å². The molecular formula is C8H22OSi3. The van der Waals surface area contributed by atoms with E-state index in [0.29, 0.717) is 0 Å². The summed E-state index contributed by atoms with van der Waals surface area (Å²) in [6.45, 7) is 16.2. The maximum atomic E-state index is 5.97. The Morgan fingerprint density at radius 3 is 1.33 bits per heavy atom. The zero-order valence-electron chi connectivity index (χ0n) is 7.98. The Balaban J connectivity index is 0. The molecule has 0 atom stereocenters. The average molecular weight is 219 g/mol. The molecule has 0 aromatic carbocycles. The van der Waals surface area contributed by atoms with Crippen molar-refractivity contribution in [2.24, 2.45) is 0 Å². The van der Waals surface area contributed by atoms with Crippen LogP contribution in [0.3, 0.4) is 0 Å². The number of rotatable bonds is 4. The van der Waals surface area contributed by atoms with E-state index in [2.05, 4.69) is 39.3 Å². The topological polar surface area (TPSA) is 9.23 Å². The van der Waals surface area contributed by atoms with Crippen LogP contribution in [0.5, 0.6) is 0 Å². The molecule has 1 nitrogen and oxygen atoms in total. The van der Waals surface area contributed by atoms with Crippen molar-refractivity contribution in [3.63, 3.8) is 0 Å². The first-order chi connectivity index (χ1) is 4.83. The lowest BCUT2D eigenvalue weighted by Crippen LogP contribution is -2.41. The lowest BCUT2D eigenvalue weighted by Gasteiger charge is -2.29. The molecular weight excluding hydrogens is 196 g/mol. The third-order valence-corrected chi connectivity index (χ3v) is 7.68. The first-order valence-corrected chi connectivity index (χ1v) is 9.77. The van der Waals surface area contributed by atoms with Crippen LogP contribution in [-0.2, 0) is 4.12 Å². The van der Waals surface area contributed by atoms with E-state index in [1.165, 1.54) is 0 Å². The quantitative estimate of drug-likeness (QED) is 0.649. The maximum Gasteiger partial charge on any atom is 0.198 e. The molecule has 0 aliphatic rings. The minimum Gasteiger partial charge on any atom is -0.449 e. The predicted octanol–water partition coefficient (Wildman–Crippen LogP) is 1.41. The van der Waals surface area contributed by atoms with Crippen LogP contribution >= 0.6 is 0 Å². The zero-order valence-corrected chi connectivity index (χ0v) is 9.98. The van der Waals surface area contributed by atoms with E-state index in [1.54, 1.807) is 0 Å². The summed E-state index contributed by atoms with van der Waals surface area (Å²) in [6.07, 6.45) is 0. The van der Waals surface area contributed by atoms with Gasteiger partial charge in [-0.05, 0) is 37.2 Å². The van der Waals surface area contributed by atoms with E-state index < -0.39 is 16.6 Å². The maximum absolute atomic E-state index is 5.97. The van der Waals surface area contributed by atoms with Gasteiger partial charge in [-0.15, -0.1) is 13.2 Å². The molecule has 4 heteroatoms. The van der Waals surface area contributed by atoms with Crippen LogP contribution in [0.25, 0.3) is 0 Å². The Morgan fingerprint density at radius 1 is 0.917 bits per heavy atom. The molecule has 0 fully saturated rings. The molecule has 0 aliphatic heterocycles. The summed E-state index contributed by atoms with van der Waals surface area (Å²) in [4.78, 5) is 0. The van der Waals surface area contributed by atoms with Crippen molar-refractivity contribution in [1.82, 2.24) is 0 Å². The summed E-state index contributed by atoms with van der Waals surface area (Å²) in [5.41, 5.74) is 3.93. The van der Waals surface area contributed by atoms with Gasteiger partial charge < -0.3 is 4.12 Å². The molecule has 0 aromatic rings. The molecule has 0 N–H and O–H groups in total. The highest BCUT2D eigenvalue weighted by Gasteiger charge is 2.27. The van der Waals surface area contributed by atoms with Crippen molar-refractivity contribution in [3.05, 3.63) is 24.6 Å². The molecule has 0 spiro atoms. The molecule has 0 aliphatic carbocycles. The van der Waals surface area contributed by atoms with Gasteiger partial charge in [0.2, 0.25) is 0 Å². The highest BCUT2D eigenvalue weighted by molar-refractivity contribution is 6.89. The Bertz CT molecular complexity index is 146. The van der Waals surface area contributed by atoms with Crippen LogP contribution in [0.4, 0.5) is 0 Å². The summed E-state index contributed by atoms with van der Waals surface area (Å²) in [6, 6.07) is 0. The lowest BCUT2D eigenvalue weighted by atomic mass is 11.3. The van der Waals surface area contributed by atoms with Gasteiger partial charge in [-0.3, -0.25) is 0 Å². The van der Waals surface area contributed by atoms with Gasteiger partial charge in [0.25, 0.3) is 0 Å². The van der Waals surface area contributed by atoms with Gasteiger partial charge in [-0.1, -0.05) is 11.4 Å². The summed E-state index contributed by atoms with van der Waals surface area (Å²) < 4.78 is 5.97. The highest BCUT2D eigenvalue weighted by Crippen LogP contribution is 2.15. The standard InChI is InChI=1S/C8H18OSi2.H4Si/c1-7-10(3,4)9-11(5,6)8-2;/h7-8H,1-2H2,3-6H3;1H4. The van der Waals surface area contributed by atoms with Crippen LogP contribution in [-0.4, -0.2) is 27.6 Å². The monoisotopic (exact) mass is 218 g/mol. The second kappa shape index (κ2) is 4.96. The van der Waals surface area contributed by atoms with E-state index in [-0.39, 0.29) is 11.0 Å². The van der Waals surface area contributed by atoms with Crippen molar-refractivity contribution in [1.29, 1.82) is 0 Å². The Morgan fingerprint density at radius 2 is 1.17 bits per heavy atom. The minimum absolute atomic E-state index is 0. The van der Waals surface area contributed by atoms with Gasteiger partial charge in [0.15, 0.2) is 16.6 Å². The molecule has 0 amide bonds. The molecule has 0 aromatic heterocycles. The first-order valence-electron chi connectivity index (χ1n) is 3.80. The zero-order chi connectivity index (χ0) is 9.12. The van der Waals surface area contributed by atoms with E-state index in [0.717, 1.165) is 0 Å². The SMILES string of the molecule is C=C[Si](C)(C)O[Si](C)(C)C=C.[SiH4]. The first kappa shape index (κ1) is 14.6. The fourth-order valence-corrected chi connectivity index (χ4v) is 6.85. The second-order valence-corrected chi connectivity index (χ2v) is 11.8. The molecule has 0 bridgehead atoms. The smallest absolute Gasteiger partial charge is 0.198 e. The number of hydrogen-bond donors (Lipinski definition) is 0. The molecule has 72 valence electrons. The van der Waals surface area contributed by atoms with Gasteiger partial charge >= 0.3 is 0 Å². The van der Waals surface area contributed by atoms with E-state index in [4.69, 9.17) is 4.12 Å². The Hall–Kier alpha value is 0.0906. The molecule has 0 radical (unpaired) electrons. The fourth-order valence-electron chi connectivity index (χ4n) is 0.761. The largest absolute Gasteiger partial charge is 0.449 e. The molecule has 0 unspecified atom stereocenters. The van der Waals surface area contributed by atoms with Crippen LogP contribution in [0.1, 0.15) is 0 Å². The summed E-state index contributed by atoms with van der Waals surface area (Å²) in [5.74, 6) is 0. The highest BCUT2D eigenvalue weighted by atomic mass is 28.4.